The second-order valence-electron chi connectivity index (χ2n) is 6.41. The van der Waals surface area contributed by atoms with Crippen molar-refractivity contribution in [2.45, 2.75) is 11.6 Å². The molecule has 26 heavy (non-hydrogen) atoms. The Morgan fingerprint density at radius 3 is 2.62 bits per heavy atom. The lowest BCUT2D eigenvalue weighted by Crippen LogP contribution is -2.52. The maximum Gasteiger partial charge on any atom is 0.162 e. The summed E-state index contributed by atoms with van der Waals surface area (Å²) in [5, 5.41) is 12.5. The highest BCUT2D eigenvalue weighted by molar-refractivity contribution is 8.14. The van der Waals surface area contributed by atoms with Gasteiger partial charge in [0.2, 0.25) is 0 Å². The van der Waals surface area contributed by atoms with Gasteiger partial charge in [-0.15, -0.1) is 0 Å². The lowest BCUT2D eigenvalue weighted by molar-refractivity contribution is -0.0503. The Morgan fingerprint density at radius 2 is 1.85 bits per heavy atom. The first-order chi connectivity index (χ1) is 12.6. The molecule has 6 heteroatoms. The zero-order valence-corrected chi connectivity index (χ0v) is 14.8. The minimum Gasteiger partial charge on any atom is -0.369 e. The van der Waals surface area contributed by atoms with Crippen molar-refractivity contribution in [3.63, 3.8) is 0 Å². The van der Waals surface area contributed by atoms with Crippen molar-refractivity contribution in [2.24, 2.45) is 4.99 Å². The van der Waals surface area contributed by atoms with Gasteiger partial charge in [-0.1, -0.05) is 48.2 Å². The van der Waals surface area contributed by atoms with Crippen LogP contribution in [0.5, 0.6) is 0 Å². The molecule has 2 aliphatic rings. The summed E-state index contributed by atoms with van der Waals surface area (Å²) in [6.07, 6.45) is 3.93. The fourth-order valence-electron chi connectivity index (χ4n) is 3.55. The predicted octanol–water partition coefficient (Wildman–Crippen LogP) is 3.76. The topological polar surface area (TPSA) is 35.8 Å². The normalized spacial score (nSPS) is 23.3. The summed E-state index contributed by atoms with van der Waals surface area (Å²) in [4.78, 5) is 6.37. The third-order valence-corrected chi connectivity index (χ3v) is 5.92. The average Bonchev–Trinajstić information content (AvgIpc) is 2.81. The van der Waals surface area contributed by atoms with Gasteiger partial charge in [-0.2, -0.15) is 0 Å². The van der Waals surface area contributed by atoms with Crippen LogP contribution >= 0.6 is 11.8 Å². The van der Waals surface area contributed by atoms with E-state index in [1.807, 2.05) is 17.1 Å². The number of aliphatic hydroxyl groups is 1. The summed E-state index contributed by atoms with van der Waals surface area (Å²) >= 11 is 1.49. The van der Waals surface area contributed by atoms with Crippen LogP contribution in [-0.2, 0) is 0 Å². The zero-order chi connectivity index (χ0) is 18.1. The summed E-state index contributed by atoms with van der Waals surface area (Å²) in [5.41, 5.74) is 0.0906. The van der Waals surface area contributed by atoms with Gasteiger partial charge in [0.25, 0.3) is 0 Å². The molecule has 2 unspecified atom stereocenters. The Morgan fingerprint density at radius 1 is 1.04 bits per heavy atom. The van der Waals surface area contributed by atoms with E-state index in [0.29, 0.717) is 24.4 Å². The van der Waals surface area contributed by atoms with Gasteiger partial charge in [-0.25, -0.2) is 8.78 Å². The van der Waals surface area contributed by atoms with Crippen LogP contribution in [0.4, 0.5) is 8.78 Å². The van der Waals surface area contributed by atoms with E-state index < -0.39 is 11.6 Å². The molecule has 0 spiro atoms. The van der Waals surface area contributed by atoms with Crippen LogP contribution in [0, 0.1) is 11.6 Å². The van der Waals surface area contributed by atoms with Crippen molar-refractivity contribution in [3.8, 4) is 0 Å². The number of hydrogen-bond acceptors (Lipinski definition) is 4. The Labute approximate surface area is 155 Å². The first-order valence-corrected chi connectivity index (χ1v) is 9.40. The van der Waals surface area contributed by atoms with Crippen LogP contribution in [-0.4, -0.2) is 39.7 Å². The molecule has 2 aromatic rings. The molecule has 0 aliphatic carbocycles. The number of amidine groups is 1. The van der Waals surface area contributed by atoms with Gasteiger partial charge >= 0.3 is 0 Å². The lowest BCUT2D eigenvalue weighted by Gasteiger charge is -2.40. The van der Waals surface area contributed by atoms with E-state index in [1.165, 1.54) is 36.0 Å². The number of aliphatic imine (C=N–C) groups is 1. The largest absolute Gasteiger partial charge is 0.369 e. The monoisotopic (exact) mass is 372 g/mol. The first-order valence-electron chi connectivity index (χ1n) is 8.41. The average molecular weight is 372 g/mol. The number of benzene rings is 2. The second kappa shape index (κ2) is 6.85. The highest BCUT2D eigenvalue weighted by Crippen LogP contribution is 2.45. The Kier molecular flexibility index (Phi) is 4.54. The van der Waals surface area contributed by atoms with Crippen molar-refractivity contribution in [1.29, 1.82) is 0 Å². The van der Waals surface area contributed by atoms with Crippen LogP contribution in [0.3, 0.4) is 0 Å². The van der Waals surface area contributed by atoms with Crippen LogP contribution in [0.2, 0.25) is 0 Å². The van der Waals surface area contributed by atoms with Gasteiger partial charge in [-0.3, -0.25) is 4.99 Å². The Bertz CT molecular complexity index is 868. The van der Waals surface area contributed by atoms with E-state index in [1.54, 1.807) is 24.3 Å². The van der Waals surface area contributed by atoms with Crippen LogP contribution < -0.4 is 0 Å². The van der Waals surface area contributed by atoms with Crippen molar-refractivity contribution in [1.82, 2.24) is 4.90 Å². The summed E-state index contributed by atoms with van der Waals surface area (Å²) in [5.74, 6) is -0.850. The highest BCUT2D eigenvalue weighted by atomic mass is 32.2. The fourth-order valence-corrected chi connectivity index (χ4v) is 4.77. The van der Waals surface area contributed by atoms with E-state index in [4.69, 9.17) is 0 Å². The van der Waals surface area contributed by atoms with Gasteiger partial charge in [0.1, 0.15) is 11.6 Å². The molecule has 2 heterocycles. The van der Waals surface area contributed by atoms with E-state index in [2.05, 4.69) is 4.99 Å². The minimum absolute atomic E-state index is 0.348. The zero-order valence-electron chi connectivity index (χ0n) is 14.0. The molecule has 4 rings (SSSR count). The van der Waals surface area contributed by atoms with Crippen LogP contribution in [0.1, 0.15) is 17.0 Å². The molecule has 0 radical (unpaired) electrons. The number of rotatable bonds is 3. The van der Waals surface area contributed by atoms with Crippen LogP contribution in [0.15, 0.2) is 65.7 Å². The molecule has 3 nitrogen and oxygen atoms in total. The van der Waals surface area contributed by atoms with Crippen molar-refractivity contribution < 1.29 is 13.9 Å². The third-order valence-electron chi connectivity index (χ3n) is 4.75. The Balaban J connectivity index is 1.85. The van der Waals surface area contributed by atoms with Crippen molar-refractivity contribution in [2.75, 3.05) is 18.8 Å². The third kappa shape index (κ3) is 3.04. The van der Waals surface area contributed by atoms with Crippen molar-refractivity contribution >= 4 is 16.9 Å². The van der Waals surface area contributed by atoms with Crippen LogP contribution in [0.25, 0.3) is 0 Å². The maximum absolute atomic E-state index is 13.9. The van der Waals surface area contributed by atoms with Gasteiger partial charge in [-0.05, 0) is 35.4 Å². The number of halogens is 2. The summed E-state index contributed by atoms with van der Waals surface area (Å²) in [6, 6.07) is 12.3. The molecule has 2 atom stereocenters. The molecule has 1 saturated heterocycles. The SMILES string of the molecule is OC1(C(c2ccc(F)cc2)c2cccc(F)c2)CSC2=NCC=CCN21. The van der Waals surface area contributed by atoms with E-state index in [0.717, 1.165) is 10.7 Å². The lowest BCUT2D eigenvalue weighted by atomic mass is 9.82. The quantitative estimate of drug-likeness (QED) is 0.834. The number of thioether (sulfide) groups is 1. The smallest absolute Gasteiger partial charge is 0.162 e. The van der Waals surface area contributed by atoms with Crippen molar-refractivity contribution in [3.05, 3.63) is 83.4 Å². The molecule has 1 N–H and O–H groups in total. The predicted molar refractivity (Wildman–Crippen MR) is 100 cm³/mol. The summed E-state index contributed by atoms with van der Waals surface area (Å²) < 4.78 is 27.4. The molecule has 0 amide bonds. The molecule has 134 valence electrons. The number of fused-ring (bicyclic) bond motifs is 1. The van der Waals surface area contributed by atoms with Gasteiger partial charge in [0.15, 0.2) is 10.9 Å². The standard InChI is InChI=1S/C20H18F2N2OS/c21-16-8-6-14(7-9-16)18(15-4-3-5-17(22)12-15)20(25)13-26-19-23-10-1-2-11-24(19)20/h1-9,12,18,25H,10-11,13H2. The molecule has 1 fully saturated rings. The van der Waals surface area contributed by atoms with Gasteiger partial charge in [0.05, 0.1) is 18.2 Å². The van der Waals surface area contributed by atoms with E-state index >= 15 is 0 Å². The van der Waals surface area contributed by atoms with Gasteiger partial charge in [0, 0.05) is 6.54 Å². The number of hydrogen-bond donors (Lipinski definition) is 1. The molecule has 2 aromatic carbocycles. The Hall–Kier alpha value is -2.18. The highest BCUT2D eigenvalue weighted by Gasteiger charge is 2.50. The molecule has 0 aromatic heterocycles. The molecular formula is C20H18F2N2OS. The maximum atomic E-state index is 13.9. The van der Waals surface area contributed by atoms with E-state index in [9.17, 15) is 13.9 Å². The fraction of sp³-hybridized carbons (Fsp3) is 0.250. The molecule has 0 saturated carbocycles. The molecule has 0 bridgehead atoms. The summed E-state index contributed by atoms with van der Waals surface area (Å²) in [7, 11) is 0. The van der Waals surface area contributed by atoms with Gasteiger partial charge < -0.3 is 10.0 Å². The van der Waals surface area contributed by atoms with E-state index in [-0.39, 0.29) is 11.6 Å². The minimum atomic E-state index is -1.29. The molecular weight excluding hydrogens is 354 g/mol. The second-order valence-corrected chi connectivity index (χ2v) is 7.35. The first kappa shape index (κ1) is 17.2. The molecule has 2 aliphatic heterocycles. The summed E-state index contributed by atoms with van der Waals surface area (Å²) in [6.45, 7) is 1.10. The number of nitrogens with zero attached hydrogens (tertiary/aromatic N) is 2.